The van der Waals surface area contributed by atoms with Gasteiger partial charge < -0.3 is 15.7 Å². The first-order valence-corrected chi connectivity index (χ1v) is 6.09. The number of aromatic amines is 1. The first-order chi connectivity index (χ1) is 9.06. The van der Waals surface area contributed by atoms with Gasteiger partial charge in [0, 0.05) is 6.04 Å². The van der Waals surface area contributed by atoms with Gasteiger partial charge in [-0.15, -0.1) is 10.2 Å². The van der Waals surface area contributed by atoms with E-state index in [9.17, 15) is 9.59 Å². The van der Waals surface area contributed by atoms with Crippen LogP contribution in [0.2, 0.25) is 0 Å². The maximum atomic E-state index is 11.7. The number of H-pyrrole nitrogens is 1. The van der Waals surface area contributed by atoms with E-state index in [4.69, 9.17) is 5.11 Å². The summed E-state index contributed by atoms with van der Waals surface area (Å²) in [4.78, 5) is 22.5. The normalized spacial score (nSPS) is 23.8. The van der Waals surface area contributed by atoms with E-state index in [-0.39, 0.29) is 24.0 Å². The Morgan fingerprint density at radius 3 is 2.84 bits per heavy atom. The second-order valence-electron chi connectivity index (χ2n) is 4.65. The SMILES string of the molecule is CC(NC(=O)N[C@H]1CC[C@@H](C(=O)O)C1)c1nn[nH]n1. The molecule has 9 heteroatoms. The lowest BCUT2D eigenvalue weighted by Crippen LogP contribution is -2.42. The van der Waals surface area contributed by atoms with Gasteiger partial charge in [-0.3, -0.25) is 4.79 Å². The number of carboxylic acids is 1. The highest BCUT2D eigenvalue weighted by atomic mass is 16.4. The summed E-state index contributed by atoms with van der Waals surface area (Å²) < 4.78 is 0. The maximum absolute atomic E-state index is 11.7. The van der Waals surface area contributed by atoms with Gasteiger partial charge in [-0.25, -0.2) is 4.79 Å². The lowest BCUT2D eigenvalue weighted by molar-refractivity contribution is -0.141. The summed E-state index contributed by atoms with van der Waals surface area (Å²) in [6.07, 6.45) is 1.75. The molecule has 1 aliphatic rings. The zero-order chi connectivity index (χ0) is 13.8. The van der Waals surface area contributed by atoms with Gasteiger partial charge in [0.25, 0.3) is 0 Å². The number of aliphatic carboxylic acids is 1. The molecule has 1 fully saturated rings. The Balaban J connectivity index is 1.78. The minimum absolute atomic E-state index is 0.0985. The van der Waals surface area contributed by atoms with Crippen LogP contribution in [0.3, 0.4) is 0 Å². The maximum Gasteiger partial charge on any atom is 0.315 e. The van der Waals surface area contributed by atoms with Gasteiger partial charge in [0.1, 0.15) is 0 Å². The van der Waals surface area contributed by atoms with Crippen LogP contribution >= 0.6 is 0 Å². The molecule has 2 amide bonds. The highest BCUT2D eigenvalue weighted by Gasteiger charge is 2.30. The van der Waals surface area contributed by atoms with Crippen molar-refractivity contribution < 1.29 is 14.7 Å². The topological polar surface area (TPSA) is 133 Å². The van der Waals surface area contributed by atoms with Crippen molar-refractivity contribution in [3.05, 3.63) is 5.82 Å². The Morgan fingerprint density at radius 2 is 2.26 bits per heavy atom. The van der Waals surface area contributed by atoms with Crippen LogP contribution in [0.25, 0.3) is 0 Å². The second kappa shape index (κ2) is 5.63. The number of nitrogens with one attached hydrogen (secondary N) is 3. The quantitative estimate of drug-likeness (QED) is 0.598. The molecule has 1 saturated carbocycles. The van der Waals surface area contributed by atoms with E-state index in [1.807, 2.05) is 0 Å². The van der Waals surface area contributed by atoms with Crippen LogP contribution < -0.4 is 10.6 Å². The Labute approximate surface area is 109 Å². The summed E-state index contributed by atoms with van der Waals surface area (Å²) in [6, 6.07) is -0.817. The number of rotatable bonds is 4. The third-order valence-electron chi connectivity index (χ3n) is 3.21. The highest BCUT2D eigenvalue weighted by Crippen LogP contribution is 2.25. The molecule has 1 aromatic rings. The van der Waals surface area contributed by atoms with E-state index in [2.05, 4.69) is 31.3 Å². The van der Waals surface area contributed by atoms with Gasteiger partial charge in [0.05, 0.1) is 12.0 Å². The second-order valence-corrected chi connectivity index (χ2v) is 4.65. The first-order valence-electron chi connectivity index (χ1n) is 6.09. The van der Waals surface area contributed by atoms with Gasteiger partial charge in [-0.05, 0) is 26.2 Å². The molecular weight excluding hydrogens is 252 g/mol. The smallest absolute Gasteiger partial charge is 0.315 e. The number of aromatic nitrogens is 4. The molecule has 0 bridgehead atoms. The lowest BCUT2D eigenvalue weighted by Gasteiger charge is -2.15. The van der Waals surface area contributed by atoms with E-state index >= 15 is 0 Å². The molecule has 1 heterocycles. The molecular formula is C10H16N6O3. The predicted octanol–water partition coefficient (Wildman–Crippen LogP) is -0.187. The highest BCUT2D eigenvalue weighted by molar-refractivity contribution is 5.75. The molecule has 0 radical (unpaired) electrons. The van der Waals surface area contributed by atoms with Crippen LogP contribution in [0.15, 0.2) is 0 Å². The number of carboxylic acid groups (broad SMARTS) is 1. The summed E-state index contributed by atoms with van der Waals surface area (Å²) >= 11 is 0. The van der Waals surface area contributed by atoms with Crippen LogP contribution in [0.1, 0.15) is 38.1 Å². The van der Waals surface area contributed by atoms with Crippen molar-refractivity contribution in [1.29, 1.82) is 0 Å². The number of urea groups is 1. The Bertz CT molecular complexity index is 448. The third-order valence-corrected chi connectivity index (χ3v) is 3.21. The van der Waals surface area contributed by atoms with Crippen molar-refractivity contribution >= 4 is 12.0 Å². The molecule has 9 nitrogen and oxygen atoms in total. The van der Waals surface area contributed by atoms with Crippen molar-refractivity contribution in [3.63, 3.8) is 0 Å². The van der Waals surface area contributed by atoms with Gasteiger partial charge in [-0.2, -0.15) is 5.21 Å². The van der Waals surface area contributed by atoms with E-state index < -0.39 is 5.97 Å². The van der Waals surface area contributed by atoms with Crippen LogP contribution in [-0.2, 0) is 4.79 Å². The van der Waals surface area contributed by atoms with Crippen molar-refractivity contribution in [2.45, 2.75) is 38.3 Å². The average Bonchev–Trinajstić information content (AvgIpc) is 2.98. The van der Waals surface area contributed by atoms with Crippen LogP contribution in [-0.4, -0.2) is 43.8 Å². The summed E-state index contributed by atoms with van der Waals surface area (Å²) in [7, 11) is 0. The molecule has 1 aromatic heterocycles. The number of nitrogens with zero attached hydrogens (tertiary/aromatic N) is 3. The van der Waals surface area contributed by atoms with Gasteiger partial charge in [0.15, 0.2) is 5.82 Å². The Morgan fingerprint density at radius 1 is 1.47 bits per heavy atom. The molecule has 0 aromatic carbocycles. The zero-order valence-corrected chi connectivity index (χ0v) is 10.5. The largest absolute Gasteiger partial charge is 0.481 e. The fraction of sp³-hybridized carbons (Fsp3) is 0.700. The van der Waals surface area contributed by atoms with E-state index in [0.29, 0.717) is 25.1 Å². The van der Waals surface area contributed by atoms with E-state index in [1.165, 1.54) is 0 Å². The third kappa shape index (κ3) is 3.39. The fourth-order valence-electron chi connectivity index (χ4n) is 2.18. The molecule has 1 aliphatic carbocycles. The predicted molar refractivity (Wildman–Crippen MR) is 63.0 cm³/mol. The monoisotopic (exact) mass is 268 g/mol. The van der Waals surface area contributed by atoms with E-state index in [1.54, 1.807) is 6.92 Å². The molecule has 4 N–H and O–H groups in total. The molecule has 3 atom stereocenters. The van der Waals surface area contributed by atoms with Crippen molar-refractivity contribution in [2.24, 2.45) is 5.92 Å². The number of amides is 2. The molecule has 1 unspecified atom stereocenters. The Hall–Kier alpha value is -2.19. The number of tetrazole rings is 1. The minimum atomic E-state index is -0.801. The number of hydrogen-bond acceptors (Lipinski definition) is 5. The summed E-state index contributed by atoms with van der Waals surface area (Å²) in [5, 5.41) is 27.6. The number of carbonyl (C=O) groups excluding carboxylic acids is 1. The molecule has 2 rings (SSSR count). The van der Waals surface area contributed by atoms with Gasteiger partial charge in [-0.1, -0.05) is 5.21 Å². The standard InChI is InChI=1S/C10H16N6O3/c1-5(8-13-15-16-14-8)11-10(19)12-7-3-2-6(4-7)9(17)18/h5-7H,2-4H2,1H3,(H,17,18)(H2,11,12,19)(H,13,14,15,16)/t5?,6-,7+/m1/s1. The zero-order valence-electron chi connectivity index (χ0n) is 10.5. The van der Waals surface area contributed by atoms with E-state index in [0.717, 1.165) is 0 Å². The first kappa shape index (κ1) is 13.2. The van der Waals surface area contributed by atoms with Gasteiger partial charge >= 0.3 is 12.0 Å². The van der Waals surface area contributed by atoms with Gasteiger partial charge in [0.2, 0.25) is 0 Å². The molecule has 0 saturated heterocycles. The molecule has 104 valence electrons. The summed E-state index contributed by atoms with van der Waals surface area (Å²) in [6.45, 7) is 1.74. The lowest BCUT2D eigenvalue weighted by atomic mass is 10.1. The molecule has 19 heavy (non-hydrogen) atoms. The van der Waals surface area contributed by atoms with Crippen molar-refractivity contribution in [3.8, 4) is 0 Å². The minimum Gasteiger partial charge on any atom is -0.481 e. The number of carbonyl (C=O) groups is 2. The van der Waals surface area contributed by atoms with Crippen LogP contribution in [0.5, 0.6) is 0 Å². The number of hydrogen-bond donors (Lipinski definition) is 4. The summed E-state index contributed by atoms with van der Waals surface area (Å²) in [5.41, 5.74) is 0. The summed E-state index contributed by atoms with van der Waals surface area (Å²) in [5.74, 6) is -0.769. The average molecular weight is 268 g/mol. The van der Waals surface area contributed by atoms with Crippen LogP contribution in [0.4, 0.5) is 4.79 Å². The van der Waals surface area contributed by atoms with Crippen molar-refractivity contribution in [2.75, 3.05) is 0 Å². The molecule has 0 aliphatic heterocycles. The van der Waals surface area contributed by atoms with Crippen molar-refractivity contribution in [1.82, 2.24) is 31.3 Å². The Kier molecular flexibility index (Phi) is 3.93. The van der Waals surface area contributed by atoms with Crippen LogP contribution in [0, 0.1) is 5.92 Å². The molecule has 0 spiro atoms. The fourth-order valence-corrected chi connectivity index (χ4v) is 2.18.